The first kappa shape index (κ1) is 14.7. The van der Waals surface area contributed by atoms with Crippen LogP contribution in [0.1, 0.15) is 12.5 Å². The number of hydrogen-bond acceptors (Lipinski definition) is 5. The minimum Gasteiger partial charge on any atom is -0.493 e. The zero-order valence-electron chi connectivity index (χ0n) is 10.5. The molecule has 0 amide bonds. The van der Waals surface area contributed by atoms with Crippen LogP contribution in [0.4, 0.5) is 0 Å². The predicted octanol–water partition coefficient (Wildman–Crippen LogP) is 1.03. The van der Waals surface area contributed by atoms with Gasteiger partial charge in [-0.3, -0.25) is 4.55 Å². The van der Waals surface area contributed by atoms with E-state index in [9.17, 15) is 8.42 Å². The lowest BCUT2D eigenvalue weighted by atomic mass is 10.1. The Morgan fingerprint density at radius 2 is 2.06 bits per heavy atom. The van der Waals surface area contributed by atoms with Gasteiger partial charge in [-0.15, -0.1) is 0 Å². The molecule has 1 aromatic carbocycles. The molecule has 0 saturated heterocycles. The van der Waals surface area contributed by atoms with Crippen LogP contribution in [0.25, 0.3) is 0 Å². The number of ether oxygens (including phenoxy) is 1. The monoisotopic (exact) mass is 275 g/mol. The van der Waals surface area contributed by atoms with Crippen LogP contribution in [-0.2, 0) is 16.8 Å². The lowest BCUT2D eigenvalue weighted by Crippen LogP contribution is -2.23. The summed E-state index contributed by atoms with van der Waals surface area (Å²) in [6, 6.07) is 5.12. The van der Waals surface area contributed by atoms with E-state index in [1.54, 1.807) is 12.1 Å². The first-order valence-electron chi connectivity index (χ1n) is 5.36. The van der Waals surface area contributed by atoms with Gasteiger partial charge in [-0.1, -0.05) is 6.07 Å². The van der Waals surface area contributed by atoms with Crippen LogP contribution in [0.2, 0.25) is 0 Å². The summed E-state index contributed by atoms with van der Waals surface area (Å²) >= 11 is 0. The molecule has 0 heterocycles. The number of benzene rings is 1. The Hall–Kier alpha value is -1.31. The van der Waals surface area contributed by atoms with E-state index in [2.05, 4.69) is 9.50 Å². The molecule has 0 aliphatic carbocycles. The molecule has 0 spiro atoms. The van der Waals surface area contributed by atoms with Crippen LogP contribution in [0, 0.1) is 0 Å². The summed E-state index contributed by atoms with van der Waals surface area (Å²) in [5.41, 5.74) is 0.969. The third-order valence-electron chi connectivity index (χ3n) is 2.46. The molecule has 1 aromatic rings. The summed E-state index contributed by atoms with van der Waals surface area (Å²) in [7, 11) is -1.28. The Bertz CT molecular complexity index is 500. The van der Waals surface area contributed by atoms with Gasteiger partial charge >= 0.3 is 10.4 Å². The van der Waals surface area contributed by atoms with Gasteiger partial charge in [0.15, 0.2) is 11.5 Å². The molecule has 7 heteroatoms. The van der Waals surface area contributed by atoms with Crippen molar-refractivity contribution >= 4 is 10.4 Å². The molecule has 0 aliphatic heterocycles. The van der Waals surface area contributed by atoms with Gasteiger partial charge in [0.1, 0.15) is 0 Å². The lowest BCUT2D eigenvalue weighted by molar-refractivity contribution is 0.360. The van der Waals surface area contributed by atoms with Crippen molar-refractivity contribution in [3.8, 4) is 11.5 Å². The van der Waals surface area contributed by atoms with E-state index < -0.39 is 10.4 Å². The van der Waals surface area contributed by atoms with E-state index in [-0.39, 0.29) is 17.5 Å². The Labute approximate surface area is 107 Å². The maximum Gasteiger partial charge on any atom is 0.446 e. The SMILES string of the molecule is CNC(C)Cc1ccc(OS(=O)(=O)O)c(OC)c1. The molecule has 0 fully saturated rings. The van der Waals surface area contributed by atoms with Crippen molar-refractivity contribution in [1.82, 2.24) is 5.32 Å². The van der Waals surface area contributed by atoms with Crippen LogP contribution >= 0.6 is 0 Å². The van der Waals surface area contributed by atoms with Gasteiger partial charge in [-0.2, -0.15) is 8.42 Å². The molecule has 0 aromatic heterocycles. The van der Waals surface area contributed by atoms with Gasteiger partial charge in [0.2, 0.25) is 0 Å². The molecule has 6 nitrogen and oxygen atoms in total. The van der Waals surface area contributed by atoms with Crippen LogP contribution in [0.5, 0.6) is 11.5 Å². The minimum atomic E-state index is -4.54. The van der Waals surface area contributed by atoms with Crippen molar-refractivity contribution in [1.29, 1.82) is 0 Å². The first-order valence-corrected chi connectivity index (χ1v) is 6.73. The summed E-state index contributed by atoms with van der Waals surface area (Å²) in [4.78, 5) is 0. The summed E-state index contributed by atoms with van der Waals surface area (Å²) in [5.74, 6) is 0.217. The van der Waals surface area contributed by atoms with E-state index in [1.165, 1.54) is 13.2 Å². The molecular weight excluding hydrogens is 258 g/mol. The largest absolute Gasteiger partial charge is 0.493 e. The second-order valence-corrected chi connectivity index (χ2v) is 4.91. The maximum atomic E-state index is 10.6. The topological polar surface area (TPSA) is 84.9 Å². The highest BCUT2D eigenvalue weighted by molar-refractivity contribution is 7.81. The molecule has 102 valence electrons. The fourth-order valence-corrected chi connectivity index (χ4v) is 1.84. The average molecular weight is 275 g/mol. The van der Waals surface area contributed by atoms with Crippen LogP contribution < -0.4 is 14.2 Å². The van der Waals surface area contributed by atoms with E-state index in [0.29, 0.717) is 0 Å². The van der Waals surface area contributed by atoms with Gasteiger partial charge in [-0.25, -0.2) is 0 Å². The Morgan fingerprint density at radius 3 is 2.56 bits per heavy atom. The number of hydrogen-bond donors (Lipinski definition) is 2. The predicted molar refractivity (Wildman–Crippen MR) is 67.4 cm³/mol. The summed E-state index contributed by atoms with van der Waals surface area (Å²) < 4.78 is 39.3. The second-order valence-electron chi connectivity index (χ2n) is 3.89. The fourth-order valence-electron chi connectivity index (χ4n) is 1.48. The van der Waals surface area contributed by atoms with Crippen molar-refractivity contribution in [3.05, 3.63) is 23.8 Å². The van der Waals surface area contributed by atoms with Crippen molar-refractivity contribution in [2.75, 3.05) is 14.2 Å². The first-order chi connectivity index (χ1) is 8.35. The quantitative estimate of drug-likeness (QED) is 0.754. The van der Waals surface area contributed by atoms with Crippen molar-refractivity contribution < 1.29 is 21.9 Å². The molecule has 1 rings (SSSR count). The molecule has 0 radical (unpaired) electrons. The van der Waals surface area contributed by atoms with Crippen LogP contribution in [-0.4, -0.2) is 33.2 Å². The minimum absolute atomic E-state index is 0.0409. The third kappa shape index (κ3) is 4.52. The van der Waals surface area contributed by atoms with Gasteiger partial charge in [0.25, 0.3) is 0 Å². The number of methoxy groups -OCH3 is 1. The van der Waals surface area contributed by atoms with Gasteiger partial charge in [0, 0.05) is 6.04 Å². The molecular formula is C11H17NO5S. The van der Waals surface area contributed by atoms with E-state index in [4.69, 9.17) is 9.29 Å². The zero-order chi connectivity index (χ0) is 13.8. The van der Waals surface area contributed by atoms with Crippen molar-refractivity contribution in [2.24, 2.45) is 0 Å². The highest BCUT2D eigenvalue weighted by Gasteiger charge is 2.13. The zero-order valence-corrected chi connectivity index (χ0v) is 11.3. The Balaban J connectivity index is 2.96. The average Bonchev–Trinajstić information content (AvgIpc) is 2.29. The summed E-state index contributed by atoms with van der Waals surface area (Å²) in [5, 5.41) is 3.10. The fraction of sp³-hybridized carbons (Fsp3) is 0.455. The summed E-state index contributed by atoms with van der Waals surface area (Å²) in [6.07, 6.45) is 0.763. The van der Waals surface area contributed by atoms with E-state index in [0.717, 1.165) is 12.0 Å². The smallest absolute Gasteiger partial charge is 0.446 e. The third-order valence-corrected chi connectivity index (χ3v) is 2.85. The highest BCUT2D eigenvalue weighted by atomic mass is 32.3. The number of nitrogens with one attached hydrogen (secondary N) is 1. The number of likely N-dealkylation sites (N-methyl/N-ethyl adjacent to an activating group) is 1. The normalized spacial score (nSPS) is 13.1. The highest BCUT2D eigenvalue weighted by Crippen LogP contribution is 2.29. The Kier molecular flexibility index (Phi) is 4.94. The van der Waals surface area contributed by atoms with E-state index >= 15 is 0 Å². The van der Waals surface area contributed by atoms with Crippen molar-refractivity contribution in [3.63, 3.8) is 0 Å². The Morgan fingerprint density at radius 1 is 1.39 bits per heavy atom. The van der Waals surface area contributed by atoms with Crippen molar-refractivity contribution in [2.45, 2.75) is 19.4 Å². The number of rotatable bonds is 6. The second kappa shape index (κ2) is 6.03. The molecule has 0 aliphatic rings. The standard InChI is InChI=1S/C11H17NO5S/c1-8(12-2)6-9-4-5-10(11(7-9)16-3)17-18(13,14)15/h4-5,7-8,12H,6H2,1-3H3,(H,13,14,15). The molecule has 0 bridgehead atoms. The molecule has 18 heavy (non-hydrogen) atoms. The maximum absolute atomic E-state index is 10.6. The van der Waals surface area contributed by atoms with Gasteiger partial charge in [-0.05, 0) is 38.1 Å². The van der Waals surface area contributed by atoms with Crippen LogP contribution in [0.3, 0.4) is 0 Å². The van der Waals surface area contributed by atoms with E-state index in [1.807, 2.05) is 14.0 Å². The molecule has 1 atom stereocenters. The van der Waals surface area contributed by atoms with Crippen LogP contribution in [0.15, 0.2) is 18.2 Å². The molecule has 0 saturated carbocycles. The molecule has 2 N–H and O–H groups in total. The van der Waals surface area contributed by atoms with Gasteiger partial charge < -0.3 is 14.2 Å². The molecule has 1 unspecified atom stereocenters. The lowest BCUT2D eigenvalue weighted by Gasteiger charge is -2.13. The van der Waals surface area contributed by atoms with Gasteiger partial charge in [0.05, 0.1) is 7.11 Å². The summed E-state index contributed by atoms with van der Waals surface area (Å²) in [6.45, 7) is 2.02.